The van der Waals surface area contributed by atoms with Gasteiger partial charge < -0.3 is 29.0 Å². The van der Waals surface area contributed by atoms with Gasteiger partial charge in [-0.1, -0.05) is 12.1 Å². The van der Waals surface area contributed by atoms with Crippen LogP contribution in [0.4, 0.5) is 4.79 Å². The summed E-state index contributed by atoms with van der Waals surface area (Å²) in [5, 5.41) is 9.04. The molecule has 2 aliphatic rings. The molecule has 3 heterocycles. The Hall–Kier alpha value is -3.59. The van der Waals surface area contributed by atoms with Gasteiger partial charge in [0, 0.05) is 38.3 Å². The van der Waals surface area contributed by atoms with Crippen molar-refractivity contribution in [2.45, 2.75) is 26.1 Å². The summed E-state index contributed by atoms with van der Waals surface area (Å²) in [4.78, 5) is 34.0. The van der Waals surface area contributed by atoms with E-state index in [9.17, 15) is 9.59 Å². The Morgan fingerprint density at radius 2 is 1.88 bits per heavy atom. The van der Waals surface area contributed by atoms with Gasteiger partial charge in [0.2, 0.25) is 0 Å². The van der Waals surface area contributed by atoms with Gasteiger partial charge >= 0.3 is 12.1 Å². The number of aromatic carboxylic acids is 1. The lowest BCUT2D eigenvalue weighted by molar-refractivity contribution is 0.0696. The SMILES string of the molecule is CN(C)Cc1ccc(COC(=O)N2CCC3=C(CN(Cc4ccc(C(=O)O)cc4)C=N3)C2)o1. The molecule has 1 aromatic heterocycles. The summed E-state index contributed by atoms with van der Waals surface area (Å²) in [7, 11) is 3.93. The van der Waals surface area contributed by atoms with E-state index in [1.165, 1.54) is 0 Å². The van der Waals surface area contributed by atoms with Crippen molar-refractivity contribution in [1.82, 2.24) is 14.7 Å². The Kier molecular flexibility index (Phi) is 6.79. The van der Waals surface area contributed by atoms with Gasteiger partial charge in [0.05, 0.1) is 18.4 Å². The average molecular weight is 453 g/mol. The number of amides is 1. The van der Waals surface area contributed by atoms with Gasteiger partial charge in [0.15, 0.2) is 6.61 Å². The summed E-state index contributed by atoms with van der Waals surface area (Å²) in [6.45, 7) is 3.11. The minimum Gasteiger partial charge on any atom is -0.478 e. The Morgan fingerprint density at radius 1 is 1.12 bits per heavy atom. The van der Waals surface area contributed by atoms with Crippen molar-refractivity contribution in [1.29, 1.82) is 0 Å². The third-order valence-corrected chi connectivity index (χ3v) is 5.55. The van der Waals surface area contributed by atoms with E-state index in [-0.39, 0.29) is 18.3 Å². The fourth-order valence-electron chi connectivity index (χ4n) is 3.91. The molecule has 1 N–H and O–H groups in total. The molecule has 33 heavy (non-hydrogen) atoms. The lowest BCUT2D eigenvalue weighted by atomic mass is 10.0. The van der Waals surface area contributed by atoms with Gasteiger partial charge in [0.1, 0.15) is 11.5 Å². The molecule has 0 atom stereocenters. The van der Waals surface area contributed by atoms with E-state index in [1.807, 2.05) is 49.6 Å². The number of carboxylic acid groups (broad SMARTS) is 1. The molecule has 0 radical (unpaired) electrons. The standard InChI is InChI=1S/C24H28N4O5/c1-26(2)14-20-7-8-21(33-20)15-32-24(31)28-10-9-22-19(13-28)12-27(16-25-22)11-17-3-5-18(6-4-17)23(29)30/h3-8,16H,9-15H2,1-2H3,(H,29,30). The summed E-state index contributed by atoms with van der Waals surface area (Å²) in [5.74, 6) is 0.516. The lowest BCUT2D eigenvalue weighted by Gasteiger charge is -2.34. The molecule has 0 spiro atoms. The number of carbonyl (C=O) groups excluding carboxylic acids is 1. The third-order valence-electron chi connectivity index (χ3n) is 5.55. The van der Waals surface area contributed by atoms with E-state index < -0.39 is 5.97 Å². The summed E-state index contributed by atoms with van der Waals surface area (Å²) in [6.07, 6.45) is 2.15. The maximum Gasteiger partial charge on any atom is 0.410 e. The molecule has 0 fully saturated rings. The van der Waals surface area contributed by atoms with Crippen molar-refractivity contribution in [3.8, 4) is 0 Å². The predicted molar refractivity (Wildman–Crippen MR) is 122 cm³/mol. The zero-order valence-corrected chi connectivity index (χ0v) is 18.9. The van der Waals surface area contributed by atoms with Crippen LogP contribution in [0.15, 0.2) is 57.1 Å². The second-order valence-electron chi connectivity index (χ2n) is 8.53. The summed E-state index contributed by atoms with van der Waals surface area (Å²) >= 11 is 0. The summed E-state index contributed by atoms with van der Waals surface area (Å²) < 4.78 is 11.2. The largest absolute Gasteiger partial charge is 0.478 e. The van der Waals surface area contributed by atoms with E-state index >= 15 is 0 Å². The smallest absolute Gasteiger partial charge is 0.410 e. The van der Waals surface area contributed by atoms with Crippen LogP contribution < -0.4 is 0 Å². The number of furan rings is 1. The Labute approximate surface area is 192 Å². The molecule has 1 aromatic carbocycles. The van der Waals surface area contributed by atoms with Crippen LogP contribution in [0.25, 0.3) is 0 Å². The maximum atomic E-state index is 12.6. The Balaban J connectivity index is 1.29. The van der Waals surface area contributed by atoms with Crippen molar-refractivity contribution >= 4 is 18.4 Å². The van der Waals surface area contributed by atoms with Gasteiger partial charge in [-0.15, -0.1) is 0 Å². The fraction of sp³-hybridized carbons (Fsp3) is 0.375. The molecular formula is C24H28N4O5. The van der Waals surface area contributed by atoms with E-state index in [4.69, 9.17) is 14.3 Å². The van der Waals surface area contributed by atoms with Crippen molar-refractivity contribution in [2.75, 3.05) is 33.7 Å². The molecule has 9 heteroatoms. The lowest BCUT2D eigenvalue weighted by Crippen LogP contribution is -2.41. The van der Waals surface area contributed by atoms with Crippen molar-refractivity contribution < 1.29 is 23.8 Å². The first-order valence-corrected chi connectivity index (χ1v) is 10.8. The number of rotatable bonds is 7. The van der Waals surface area contributed by atoms with E-state index in [1.54, 1.807) is 17.0 Å². The second-order valence-corrected chi connectivity index (χ2v) is 8.53. The number of carbonyl (C=O) groups is 2. The zero-order chi connectivity index (χ0) is 23.4. The Bertz CT molecular complexity index is 1070. The van der Waals surface area contributed by atoms with Gasteiger partial charge in [-0.25, -0.2) is 14.6 Å². The van der Waals surface area contributed by atoms with Crippen molar-refractivity contribution in [3.63, 3.8) is 0 Å². The van der Waals surface area contributed by atoms with Crippen molar-refractivity contribution in [2.24, 2.45) is 4.99 Å². The number of ether oxygens (including phenoxy) is 1. The minimum atomic E-state index is -0.939. The van der Waals surface area contributed by atoms with Crippen molar-refractivity contribution in [3.05, 3.63) is 70.3 Å². The number of hydrogen-bond acceptors (Lipinski definition) is 7. The van der Waals surface area contributed by atoms with Crippen LogP contribution in [0.5, 0.6) is 0 Å². The van der Waals surface area contributed by atoms with Gasteiger partial charge in [0.25, 0.3) is 0 Å². The minimum absolute atomic E-state index is 0.102. The second kappa shape index (κ2) is 9.91. The van der Waals surface area contributed by atoms with Crippen LogP contribution in [-0.4, -0.2) is 71.9 Å². The topological polar surface area (TPSA) is 98.8 Å². The van der Waals surface area contributed by atoms with Crippen LogP contribution in [0.3, 0.4) is 0 Å². The predicted octanol–water partition coefficient (Wildman–Crippen LogP) is 3.18. The molecule has 1 amide bonds. The molecule has 0 saturated carbocycles. The first-order valence-electron chi connectivity index (χ1n) is 10.8. The zero-order valence-electron chi connectivity index (χ0n) is 18.9. The highest BCUT2D eigenvalue weighted by Crippen LogP contribution is 2.24. The Morgan fingerprint density at radius 3 is 2.61 bits per heavy atom. The van der Waals surface area contributed by atoms with E-state index in [2.05, 4.69) is 9.89 Å². The molecule has 2 aliphatic heterocycles. The molecule has 9 nitrogen and oxygen atoms in total. The number of aliphatic imine (C=N–C) groups is 1. The fourth-order valence-corrected chi connectivity index (χ4v) is 3.91. The highest BCUT2D eigenvalue weighted by molar-refractivity contribution is 5.87. The van der Waals surface area contributed by atoms with Crippen LogP contribution in [0.2, 0.25) is 0 Å². The third kappa shape index (κ3) is 5.81. The summed E-state index contributed by atoms with van der Waals surface area (Å²) in [5.41, 5.74) is 3.38. The first kappa shape index (κ1) is 22.6. The molecule has 4 rings (SSSR count). The van der Waals surface area contributed by atoms with Gasteiger partial charge in [-0.05, 0) is 49.5 Å². The monoisotopic (exact) mass is 452 g/mol. The quantitative estimate of drug-likeness (QED) is 0.689. The van der Waals surface area contributed by atoms with Crippen LogP contribution >= 0.6 is 0 Å². The molecule has 2 aromatic rings. The highest BCUT2D eigenvalue weighted by Gasteiger charge is 2.26. The highest BCUT2D eigenvalue weighted by atomic mass is 16.6. The molecule has 174 valence electrons. The van der Waals surface area contributed by atoms with E-state index in [0.717, 1.165) is 22.6 Å². The van der Waals surface area contributed by atoms with Crippen LogP contribution in [0.1, 0.15) is 33.9 Å². The molecule has 0 saturated heterocycles. The number of benzene rings is 1. The van der Waals surface area contributed by atoms with E-state index in [0.29, 0.717) is 44.9 Å². The first-order chi connectivity index (χ1) is 15.9. The van der Waals surface area contributed by atoms with Crippen LogP contribution in [0, 0.1) is 0 Å². The number of carboxylic acids is 1. The van der Waals surface area contributed by atoms with Gasteiger partial charge in [-0.3, -0.25) is 0 Å². The molecule has 0 unspecified atom stereocenters. The summed E-state index contributed by atoms with van der Waals surface area (Å²) in [6, 6.07) is 10.5. The average Bonchev–Trinajstić information content (AvgIpc) is 3.24. The maximum absolute atomic E-state index is 12.6. The van der Waals surface area contributed by atoms with Crippen LogP contribution in [-0.2, 0) is 24.4 Å². The number of hydrogen-bond donors (Lipinski definition) is 1. The molecule has 0 aliphatic carbocycles. The normalized spacial score (nSPS) is 15.7. The molecular weight excluding hydrogens is 424 g/mol. The number of nitrogens with zero attached hydrogens (tertiary/aromatic N) is 4. The van der Waals surface area contributed by atoms with Gasteiger partial charge in [-0.2, -0.15) is 0 Å². The molecule has 0 bridgehead atoms.